The average molecular weight is 417 g/mol. The van der Waals surface area contributed by atoms with Crippen molar-refractivity contribution in [1.82, 2.24) is 24.1 Å². The lowest BCUT2D eigenvalue weighted by Crippen LogP contribution is -2.37. The van der Waals surface area contributed by atoms with E-state index in [4.69, 9.17) is 11.6 Å². The molecule has 0 spiro atoms. The first-order valence-corrected chi connectivity index (χ1v) is 9.07. The number of phenolic OH excluding ortho intramolecular Hbond substituents is 1. The highest BCUT2D eigenvalue weighted by atomic mass is 35.5. The Morgan fingerprint density at radius 2 is 1.90 bits per heavy atom. The van der Waals surface area contributed by atoms with Crippen molar-refractivity contribution in [3.05, 3.63) is 68.4 Å². The van der Waals surface area contributed by atoms with Crippen LogP contribution in [0.15, 0.2) is 51.5 Å². The van der Waals surface area contributed by atoms with Gasteiger partial charge in [-0.2, -0.15) is 4.98 Å². The summed E-state index contributed by atoms with van der Waals surface area (Å²) in [5.74, 6) is 0.462. The molecule has 0 atom stereocenters. The summed E-state index contributed by atoms with van der Waals surface area (Å²) < 4.78 is 3.97. The van der Waals surface area contributed by atoms with E-state index in [9.17, 15) is 14.7 Å². The molecule has 0 amide bonds. The van der Waals surface area contributed by atoms with Gasteiger partial charge in [0, 0.05) is 25.7 Å². The number of aromatic nitrogens is 4. The minimum absolute atomic E-state index is 0.149. The molecule has 152 valence electrons. The Kier molecular flexibility index (Phi) is 5.51. The van der Waals surface area contributed by atoms with Gasteiger partial charge in [0.15, 0.2) is 11.2 Å². The quantitative estimate of drug-likeness (QED) is 0.530. The van der Waals surface area contributed by atoms with Gasteiger partial charge in [0.05, 0.1) is 5.70 Å². The number of imidazole rings is 1. The maximum atomic E-state index is 12.7. The molecule has 0 fully saturated rings. The van der Waals surface area contributed by atoms with E-state index >= 15 is 0 Å². The molecule has 3 aromatic rings. The maximum absolute atomic E-state index is 12.7. The largest absolute Gasteiger partial charge is 0.508 e. The molecule has 0 aliphatic rings. The van der Waals surface area contributed by atoms with E-state index in [2.05, 4.69) is 22.4 Å². The van der Waals surface area contributed by atoms with Crippen molar-refractivity contribution in [2.24, 2.45) is 14.1 Å². The van der Waals surface area contributed by atoms with Crippen LogP contribution < -0.4 is 22.1 Å². The van der Waals surface area contributed by atoms with Crippen LogP contribution in [-0.4, -0.2) is 23.8 Å². The Hall–Kier alpha value is -3.46. The van der Waals surface area contributed by atoms with Gasteiger partial charge in [-0.05, 0) is 36.8 Å². The Balaban J connectivity index is 2.04. The predicted molar refractivity (Wildman–Crippen MR) is 114 cm³/mol. The molecule has 0 aliphatic heterocycles. The number of nitrogens with one attached hydrogen (secondary N) is 2. The monoisotopic (exact) mass is 416 g/mol. The second kappa shape index (κ2) is 7.88. The topological polar surface area (TPSA) is 106 Å². The number of hydrogen-bond donors (Lipinski definition) is 3. The molecule has 0 saturated carbocycles. The van der Waals surface area contributed by atoms with Crippen molar-refractivity contribution in [2.45, 2.75) is 13.5 Å². The van der Waals surface area contributed by atoms with Gasteiger partial charge in [-0.25, -0.2) is 4.79 Å². The highest BCUT2D eigenvalue weighted by Crippen LogP contribution is 2.18. The maximum Gasteiger partial charge on any atom is 0.332 e. The summed E-state index contributed by atoms with van der Waals surface area (Å²) in [6, 6.07) is 6.50. The molecule has 10 heteroatoms. The molecule has 29 heavy (non-hydrogen) atoms. The highest BCUT2D eigenvalue weighted by Gasteiger charge is 2.18. The first-order chi connectivity index (χ1) is 13.7. The Labute approximate surface area is 171 Å². The number of phenols is 1. The number of nitrogens with zero attached hydrogens (tertiary/aromatic N) is 4. The van der Waals surface area contributed by atoms with Crippen LogP contribution >= 0.6 is 11.6 Å². The van der Waals surface area contributed by atoms with Crippen LogP contribution in [0.1, 0.15) is 12.5 Å². The van der Waals surface area contributed by atoms with Crippen molar-refractivity contribution in [2.75, 3.05) is 5.43 Å². The fraction of sp³-hybridized carbons (Fsp3) is 0.211. The van der Waals surface area contributed by atoms with Crippen LogP contribution in [0.2, 0.25) is 0 Å². The highest BCUT2D eigenvalue weighted by molar-refractivity contribution is 6.29. The third-order valence-electron chi connectivity index (χ3n) is 4.44. The molecular formula is C19H21ClN6O3. The van der Waals surface area contributed by atoms with Crippen molar-refractivity contribution in [1.29, 1.82) is 0 Å². The number of aromatic hydroxyl groups is 1. The number of hydrazine groups is 1. The second-order valence-electron chi connectivity index (χ2n) is 6.49. The summed E-state index contributed by atoms with van der Waals surface area (Å²) in [6.07, 6.45) is 1.73. The van der Waals surface area contributed by atoms with Crippen LogP contribution in [0.4, 0.5) is 5.95 Å². The van der Waals surface area contributed by atoms with Gasteiger partial charge in [0.1, 0.15) is 5.75 Å². The zero-order valence-corrected chi connectivity index (χ0v) is 17.0. The smallest absolute Gasteiger partial charge is 0.332 e. The summed E-state index contributed by atoms with van der Waals surface area (Å²) in [5, 5.41) is 9.97. The fourth-order valence-corrected chi connectivity index (χ4v) is 2.87. The Morgan fingerprint density at radius 1 is 1.24 bits per heavy atom. The van der Waals surface area contributed by atoms with Gasteiger partial charge in [0.2, 0.25) is 5.95 Å². The van der Waals surface area contributed by atoms with Crippen LogP contribution in [0.3, 0.4) is 0 Å². The minimum Gasteiger partial charge on any atom is -0.508 e. The molecule has 3 N–H and O–H groups in total. The zero-order valence-electron chi connectivity index (χ0n) is 16.2. The van der Waals surface area contributed by atoms with Crippen molar-refractivity contribution >= 4 is 34.4 Å². The number of fused-ring (bicyclic) bond motifs is 1. The van der Waals surface area contributed by atoms with Crippen LogP contribution in [-0.2, 0) is 20.6 Å². The van der Waals surface area contributed by atoms with E-state index in [0.29, 0.717) is 16.7 Å². The first-order valence-electron chi connectivity index (χ1n) is 8.69. The Bertz CT molecular complexity index is 1230. The molecule has 3 rings (SSSR count). The molecule has 0 saturated heterocycles. The predicted octanol–water partition coefficient (Wildman–Crippen LogP) is 1.87. The number of allylic oxidation sites excluding steroid dienone is 2. The fourth-order valence-electron chi connectivity index (χ4n) is 2.80. The summed E-state index contributed by atoms with van der Waals surface area (Å²) in [4.78, 5) is 29.4. The SMILES string of the molecule is C=C(NNc1nc2c(c(=O)n(C)c(=O)n2C)n1C/C=C(/C)Cl)c1ccc(O)cc1. The normalized spacial score (nSPS) is 11.7. The lowest BCUT2D eigenvalue weighted by Gasteiger charge is -2.13. The van der Waals surface area contributed by atoms with Crippen LogP contribution in [0.25, 0.3) is 16.9 Å². The number of rotatable bonds is 6. The van der Waals surface area contributed by atoms with Gasteiger partial charge in [-0.1, -0.05) is 24.3 Å². The zero-order chi connectivity index (χ0) is 21.3. The molecule has 0 radical (unpaired) electrons. The van der Waals surface area contributed by atoms with Gasteiger partial charge in [-0.15, -0.1) is 0 Å². The van der Waals surface area contributed by atoms with E-state index in [0.717, 1.165) is 10.1 Å². The molecule has 2 aromatic heterocycles. The lowest BCUT2D eigenvalue weighted by atomic mass is 10.2. The van der Waals surface area contributed by atoms with Crippen LogP contribution in [0.5, 0.6) is 5.75 Å². The van der Waals surface area contributed by atoms with E-state index < -0.39 is 11.2 Å². The molecule has 9 nitrogen and oxygen atoms in total. The van der Waals surface area contributed by atoms with E-state index in [-0.39, 0.29) is 23.5 Å². The lowest BCUT2D eigenvalue weighted by molar-refractivity contribution is 0.475. The van der Waals surface area contributed by atoms with Gasteiger partial charge in [0.25, 0.3) is 5.56 Å². The molecule has 1 aromatic carbocycles. The first kappa shape index (κ1) is 20.3. The molecule has 0 unspecified atom stereocenters. The summed E-state index contributed by atoms with van der Waals surface area (Å²) in [7, 11) is 2.97. The molecule has 0 aliphatic carbocycles. The number of anilines is 1. The number of hydrogen-bond acceptors (Lipinski definition) is 6. The van der Waals surface area contributed by atoms with Crippen LogP contribution in [0, 0.1) is 0 Å². The standard InChI is InChI=1S/C19H21ClN6O3/c1-11(20)9-10-26-15-16(24(3)19(29)25(4)17(15)28)21-18(26)23-22-12(2)13-5-7-14(27)8-6-13/h5-9,22,27H,2,10H2,1,3-4H3,(H,21,23)/b11-9-. The Morgan fingerprint density at radius 3 is 2.52 bits per heavy atom. The van der Waals surface area contributed by atoms with Crippen molar-refractivity contribution in [3.8, 4) is 5.75 Å². The molecule has 2 heterocycles. The third kappa shape index (κ3) is 3.90. The van der Waals surface area contributed by atoms with E-state index in [1.807, 2.05) is 0 Å². The number of benzene rings is 1. The number of aryl methyl sites for hydroxylation is 1. The number of halogens is 1. The summed E-state index contributed by atoms with van der Waals surface area (Å²) in [5.41, 5.74) is 6.73. The van der Waals surface area contributed by atoms with Crippen molar-refractivity contribution in [3.63, 3.8) is 0 Å². The van der Waals surface area contributed by atoms with Gasteiger partial charge < -0.3 is 5.11 Å². The molecular weight excluding hydrogens is 396 g/mol. The third-order valence-corrected chi connectivity index (χ3v) is 4.60. The summed E-state index contributed by atoms with van der Waals surface area (Å²) >= 11 is 5.96. The van der Waals surface area contributed by atoms with E-state index in [1.54, 1.807) is 48.9 Å². The second-order valence-corrected chi connectivity index (χ2v) is 7.09. The molecule has 0 bridgehead atoms. The van der Waals surface area contributed by atoms with Gasteiger partial charge in [-0.3, -0.25) is 29.3 Å². The average Bonchev–Trinajstić information content (AvgIpc) is 3.06. The van der Waals surface area contributed by atoms with Crippen molar-refractivity contribution < 1.29 is 5.11 Å². The van der Waals surface area contributed by atoms with Gasteiger partial charge >= 0.3 is 5.69 Å². The summed E-state index contributed by atoms with van der Waals surface area (Å²) in [6.45, 7) is 5.95. The minimum atomic E-state index is -0.468. The van der Waals surface area contributed by atoms with E-state index in [1.165, 1.54) is 11.6 Å².